The molecule has 0 aromatic rings. The minimum absolute atomic E-state index is 0.202. The van der Waals surface area contributed by atoms with Crippen LogP contribution in [0.5, 0.6) is 0 Å². The lowest BCUT2D eigenvalue weighted by Gasteiger charge is -2.42. The van der Waals surface area contributed by atoms with E-state index in [4.69, 9.17) is 4.74 Å². The highest BCUT2D eigenvalue weighted by Crippen LogP contribution is 2.41. The summed E-state index contributed by atoms with van der Waals surface area (Å²) in [6.45, 7) is 0.275. The van der Waals surface area contributed by atoms with Crippen LogP contribution in [0.1, 0.15) is 25.7 Å². The number of halogens is 3. The van der Waals surface area contributed by atoms with Crippen molar-refractivity contribution in [2.45, 2.75) is 37.5 Å². The lowest BCUT2D eigenvalue weighted by atomic mass is 9.80. The Morgan fingerprint density at radius 1 is 1.29 bits per heavy atom. The topological polar surface area (TPSA) is 26.3 Å². The number of hydrogen-bond donors (Lipinski definition) is 0. The summed E-state index contributed by atoms with van der Waals surface area (Å²) < 4.78 is 42.9. The molecule has 2 heterocycles. The zero-order valence-electron chi connectivity index (χ0n) is 9.39. The molecule has 2 nitrogen and oxygen atoms in total. The molecule has 0 aromatic heterocycles. The summed E-state index contributed by atoms with van der Waals surface area (Å²) in [5, 5.41) is 0. The van der Waals surface area contributed by atoms with Crippen molar-refractivity contribution in [2.75, 3.05) is 18.1 Å². The zero-order valence-corrected chi connectivity index (χ0v) is 10.2. The molecule has 0 N–H and O–H groups in total. The maximum atomic E-state index is 12.4. The average molecular weight is 268 g/mol. The van der Waals surface area contributed by atoms with Gasteiger partial charge in [0.1, 0.15) is 0 Å². The summed E-state index contributed by atoms with van der Waals surface area (Å²) in [6, 6.07) is 0. The van der Waals surface area contributed by atoms with E-state index in [9.17, 15) is 18.0 Å². The third kappa shape index (κ3) is 2.96. The summed E-state index contributed by atoms with van der Waals surface area (Å²) in [6.07, 6.45) is -2.73. The highest BCUT2D eigenvalue weighted by molar-refractivity contribution is 7.99. The summed E-state index contributed by atoms with van der Waals surface area (Å²) in [7, 11) is 0. The van der Waals surface area contributed by atoms with Gasteiger partial charge in [-0.1, -0.05) is 0 Å². The third-order valence-electron chi connectivity index (χ3n) is 3.55. The number of ether oxygens (including phenoxy) is 1. The zero-order chi connectivity index (χ0) is 12.5. The highest BCUT2D eigenvalue weighted by atomic mass is 32.2. The number of thioether (sulfide) groups is 1. The fourth-order valence-corrected chi connectivity index (χ4v) is 3.81. The molecule has 2 fully saturated rings. The first-order chi connectivity index (χ1) is 7.93. The molecular formula is C11H15F3O2S. The summed E-state index contributed by atoms with van der Waals surface area (Å²) in [5.74, 6) is -0.648. The molecule has 0 saturated carbocycles. The van der Waals surface area contributed by atoms with Crippen LogP contribution in [0.15, 0.2) is 0 Å². The van der Waals surface area contributed by atoms with Gasteiger partial charge in [-0.2, -0.15) is 24.9 Å². The van der Waals surface area contributed by atoms with Gasteiger partial charge in [0.05, 0.1) is 5.60 Å². The lowest BCUT2D eigenvalue weighted by molar-refractivity contribution is -0.184. The van der Waals surface area contributed by atoms with E-state index in [1.165, 1.54) is 0 Å². The Balaban J connectivity index is 2.04. The number of rotatable bonds is 1. The number of alkyl halides is 3. The SMILES string of the molecule is O=C(C1CCOC2(CCSCC2)C1)C(F)(F)F. The minimum Gasteiger partial charge on any atom is -0.375 e. The normalized spacial score (nSPS) is 29.2. The van der Waals surface area contributed by atoms with Gasteiger partial charge in [0.25, 0.3) is 0 Å². The van der Waals surface area contributed by atoms with Gasteiger partial charge in [0.2, 0.25) is 5.78 Å². The fraction of sp³-hybridized carbons (Fsp3) is 0.909. The Hall–Kier alpha value is -0.230. The fourth-order valence-electron chi connectivity index (χ4n) is 2.57. The van der Waals surface area contributed by atoms with E-state index in [1.54, 1.807) is 11.8 Å². The molecule has 0 aliphatic carbocycles. The van der Waals surface area contributed by atoms with Gasteiger partial charge >= 0.3 is 6.18 Å². The quantitative estimate of drug-likeness (QED) is 0.731. The van der Waals surface area contributed by atoms with E-state index >= 15 is 0 Å². The number of Topliss-reactive ketones (excluding diaryl/α,β-unsaturated/α-hetero) is 1. The smallest absolute Gasteiger partial charge is 0.375 e. The maximum absolute atomic E-state index is 12.4. The Bertz CT molecular complexity index is 292. The van der Waals surface area contributed by atoms with Gasteiger partial charge in [0, 0.05) is 12.5 Å². The standard InChI is InChI=1S/C11H15F3O2S/c12-11(13,14)9(15)8-1-4-16-10(7-8)2-5-17-6-3-10/h8H,1-7H2. The lowest BCUT2D eigenvalue weighted by Crippen LogP contribution is -2.46. The first-order valence-corrected chi connectivity index (χ1v) is 6.91. The first kappa shape index (κ1) is 13.2. The molecule has 1 unspecified atom stereocenters. The van der Waals surface area contributed by atoms with E-state index in [2.05, 4.69) is 0 Å². The van der Waals surface area contributed by atoms with Crippen LogP contribution in [-0.4, -0.2) is 35.7 Å². The second-order valence-electron chi connectivity index (χ2n) is 4.70. The van der Waals surface area contributed by atoms with Crippen molar-refractivity contribution in [3.63, 3.8) is 0 Å². The molecule has 17 heavy (non-hydrogen) atoms. The molecule has 98 valence electrons. The predicted molar refractivity (Wildman–Crippen MR) is 59.0 cm³/mol. The second-order valence-corrected chi connectivity index (χ2v) is 5.92. The van der Waals surface area contributed by atoms with Gasteiger partial charge in [-0.05, 0) is 37.2 Å². The van der Waals surface area contributed by atoms with Crippen molar-refractivity contribution in [1.29, 1.82) is 0 Å². The summed E-state index contributed by atoms with van der Waals surface area (Å²) >= 11 is 1.79. The molecular weight excluding hydrogens is 253 g/mol. The van der Waals surface area contributed by atoms with E-state index in [1.807, 2.05) is 0 Å². The van der Waals surface area contributed by atoms with Crippen molar-refractivity contribution in [3.05, 3.63) is 0 Å². The molecule has 1 atom stereocenters. The Morgan fingerprint density at radius 3 is 2.53 bits per heavy atom. The molecule has 0 aromatic carbocycles. The van der Waals surface area contributed by atoms with Crippen LogP contribution in [0, 0.1) is 5.92 Å². The molecule has 0 amide bonds. The monoisotopic (exact) mass is 268 g/mol. The van der Waals surface area contributed by atoms with Crippen molar-refractivity contribution in [1.82, 2.24) is 0 Å². The van der Waals surface area contributed by atoms with Crippen molar-refractivity contribution < 1.29 is 22.7 Å². The van der Waals surface area contributed by atoms with Crippen molar-refractivity contribution in [2.24, 2.45) is 5.92 Å². The van der Waals surface area contributed by atoms with E-state index < -0.39 is 23.5 Å². The van der Waals surface area contributed by atoms with Crippen LogP contribution in [0.3, 0.4) is 0 Å². The summed E-state index contributed by atoms with van der Waals surface area (Å²) in [4.78, 5) is 11.3. The van der Waals surface area contributed by atoms with Gasteiger partial charge in [-0.15, -0.1) is 0 Å². The Labute approximate surface area is 102 Å². The largest absolute Gasteiger partial charge is 0.450 e. The van der Waals surface area contributed by atoms with Gasteiger partial charge in [0.15, 0.2) is 0 Å². The predicted octanol–water partition coefficient (Wildman–Crippen LogP) is 2.81. The Morgan fingerprint density at radius 2 is 1.94 bits per heavy atom. The van der Waals surface area contributed by atoms with Crippen LogP contribution in [0.25, 0.3) is 0 Å². The molecule has 2 rings (SSSR count). The number of carbonyl (C=O) groups is 1. The van der Waals surface area contributed by atoms with Gasteiger partial charge in [-0.25, -0.2) is 0 Å². The molecule has 0 radical (unpaired) electrons. The minimum atomic E-state index is -4.70. The van der Waals surface area contributed by atoms with E-state index in [0.717, 1.165) is 24.3 Å². The Kier molecular flexibility index (Phi) is 3.73. The maximum Gasteiger partial charge on any atom is 0.450 e. The van der Waals surface area contributed by atoms with E-state index in [-0.39, 0.29) is 19.4 Å². The molecule has 2 aliphatic rings. The van der Waals surface area contributed by atoms with Crippen LogP contribution >= 0.6 is 11.8 Å². The van der Waals surface area contributed by atoms with Crippen molar-refractivity contribution in [3.8, 4) is 0 Å². The first-order valence-electron chi connectivity index (χ1n) is 5.76. The molecule has 0 bridgehead atoms. The van der Waals surface area contributed by atoms with Crippen molar-refractivity contribution >= 4 is 17.5 Å². The van der Waals surface area contributed by atoms with Gasteiger partial charge < -0.3 is 4.74 Å². The molecule has 1 spiro atoms. The highest BCUT2D eigenvalue weighted by Gasteiger charge is 2.48. The van der Waals surface area contributed by atoms with E-state index in [0.29, 0.717) is 0 Å². The van der Waals surface area contributed by atoms with Crippen LogP contribution in [-0.2, 0) is 9.53 Å². The average Bonchev–Trinajstić information content (AvgIpc) is 2.28. The summed E-state index contributed by atoms with van der Waals surface area (Å²) in [5.41, 5.74) is -0.463. The number of ketones is 1. The molecule has 2 saturated heterocycles. The second kappa shape index (κ2) is 4.80. The van der Waals surface area contributed by atoms with Gasteiger partial charge in [-0.3, -0.25) is 4.79 Å². The third-order valence-corrected chi connectivity index (χ3v) is 4.53. The van der Waals surface area contributed by atoms with Crippen LogP contribution in [0.4, 0.5) is 13.2 Å². The molecule has 2 aliphatic heterocycles. The van der Waals surface area contributed by atoms with Crippen LogP contribution < -0.4 is 0 Å². The molecule has 6 heteroatoms. The number of hydrogen-bond acceptors (Lipinski definition) is 3. The van der Waals surface area contributed by atoms with Crippen LogP contribution in [0.2, 0.25) is 0 Å². The number of carbonyl (C=O) groups excluding carboxylic acids is 1.